The average Bonchev–Trinajstić information content (AvgIpc) is 2.11. The third kappa shape index (κ3) is 5.57. The minimum Gasteiger partial charge on any atom is -0.369 e. The maximum absolute atomic E-state index is 10.6. The second kappa shape index (κ2) is 6.82. The molecule has 5 heteroatoms. The van der Waals surface area contributed by atoms with Gasteiger partial charge in [0, 0.05) is 20.8 Å². The number of nitrogens with two attached hydrogens (primary N) is 1. The second-order valence-electron chi connectivity index (χ2n) is 2.70. The van der Waals surface area contributed by atoms with Crippen LogP contribution in [0.15, 0.2) is 0 Å². The zero-order valence-electron chi connectivity index (χ0n) is 8.45. The summed E-state index contributed by atoms with van der Waals surface area (Å²) in [7, 11) is 3.12. The van der Waals surface area contributed by atoms with Crippen LogP contribution in [-0.4, -0.2) is 51.0 Å². The van der Waals surface area contributed by atoms with Crippen molar-refractivity contribution in [3.05, 3.63) is 0 Å². The molecule has 0 aromatic rings. The predicted molar refractivity (Wildman–Crippen MR) is 49.1 cm³/mol. The highest BCUT2D eigenvalue weighted by Gasteiger charge is 2.12. The number of carbonyl (C=O) groups excluding carboxylic acids is 1. The number of likely N-dealkylation sites (N-methyl/N-ethyl adjacent to an activating group) is 1. The van der Waals surface area contributed by atoms with E-state index in [-0.39, 0.29) is 18.7 Å². The lowest BCUT2D eigenvalue weighted by atomic mass is 10.4. The summed E-state index contributed by atoms with van der Waals surface area (Å²) in [6.07, 6.45) is -0.306. The first-order valence-corrected chi connectivity index (χ1v) is 4.20. The van der Waals surface area contributed by atoms with E-state index in [1.165, 1.54) is 0 Å². The van der Waals surface area contributed by atoms with Crippen LogP contribution in [0.1, 0.15) is 6.92 Å². The van der Waals surface area contributed by atoms with Crippen molar-refractivity contribution in [2.24, 2.45) is 5.73 Å². The van der Waals surface area contributed by atoms with E-state index in [4.69, 9.17) is 15.2 Å². The zero-order valence-corrected chi connectivity index (χ0v) is 8.45. The van der Waals surface area contributed by atoms with Crippen molar-refractivity contribution in [3.8, 4) is 0 Å². The summed E-state index contributed by atoms with van der Waals surface area (Å²) in [6.45, 7) is 3.48. The van der Waals surface area contributed by atoms with Crippen molar-refractivity contribution in [1.29, 1.82) is 0 Å². The number of ether oxygens (including phenoxy) is 2. The van der Waals surface area contributed by atoms with Crippen LogP contribution in [0.2, 0.25) is 0 Å². The maximum atomic E-state index is 10.6. The predicted octanol–water partition coefficient (Wildman–Crippen LogP) is -0.587. The Morgan fingerprint density at radius 3 is 2.31 bits per heavy atom. The van der Waals surface area contributed by atoms with Crippen molar-refractivity contribution < 1.29 is 14.3 Å². The number of primary amides is 1. The fraction of sp³-hybridized carbons (Fsp3) is 0.875. The molecule has 0 spiro atoms. The first-order chi connectivity index (χ1) is 6.13. The summed E-state index contributed by atoms with van der Waals surface area (Å²) in [5.74, 6) is -0.340. The first-order valence-electron chi connectivity index (χ1n) is 4.20. The quantitative estimate of drug-likeness (QED) is 0.545. The van der Waals surface area contributed by atoms with Gasteiger partial charge in [0.15, 0.2) is 6.29 Å². The number of hydrogen-bond donors (Lipinski definition) is 1. The van der Waals surface area contributed by atoms with Gasteiger partial charge in [-0.3, -0.25) is 9.69 Å². The third-order valence-corrected chi connectivity index (χ3v) is 1.76. The van der Waals surface area contributed by atoms with Crippen molar-refractivity contribution in [2.45, 2.75) is 13.2 Å². The first kappa shape index (κ1) is 12.3. The van der Waals surface area contributed by atoms with E-state index in [0.29, 0.717) is 6.54 Å². The Kier molecular flexibility index (Phi) is 6.48. The molecule has 5 nitrogen and oxygen atoms in total. The number of carbonyl (C=O) groups is 1. The van der Waals surface area contributed by atoms with Crippen molar-refractivity contribution in [2.75, 3.05) is 33.9 Å². The highest BCUT2D eigenvalue weighted by molar-refractivity contribution is 5.75. The molecule has 0 radical (unpaired) electrons. The van der Waals surface area contributed by atoms with Crippen molar-refractivity contribution in [3.63, 3.8) is 0 Å². The Morgan fingerprint density at radius 1 is 1.46 bits per heavy atom. The molecule has 0 aromatic carbocycles. The molecule has 0 aromatic heterocycles. The minimum absolute atomic E-state index is 0.236. The van der Waals surface area contributed by atoms with E-state index in [1.54, 1.807) is 14.2 Å². The van der Waals surface area contributed by atoms with Crippen LogP contribution in [0, 0.1) is 0 Å². The van der Waals surface area contributed by atoms with Gasteiger partial charge in [-0.25, -0.2) is 0 Å². The van der Waals surface area contributed by atoms with Crippen LogP contribution in [0.25, 0.3) is 0 Å². The van der Waals surface area contributed by atoms with Crippen LogP contribution >= 0.6 is 0 Å². The van der Waals surface area contributed by atoms with Gasteiger partial charge in [-0.1, -0.05) is 6.92 Å². The summed E-state index contributed by atoms with van der Waals surface area (Å²) in [4.78, 5) is 12.5. The van der Waals surface area contributed by atoms with Gasteiger partial charge in [-0.05, 0) is 6.54 Å². The largest absolute Gasteiger partial charge is 0.369 e. The van der Waals surface area contributed by atoms with E-state index in [1.807, 2.05) is 11.8 Å². The monoisotopic (exact) mass is 190 g/mol. The van der Waals surface area contributed by atoms with E-state index >= 15 is 0 Å². The molecule has 0 rings (SSSR count). The maximum Gasteiger partial charge on any atom is 0.231 e. The van der Waals surface area contributed by atoms with Crippen LogP contribution in [0.3, 0.4) is 0 Å². The molecule has 0 unspecified atom stereocenters. The molecule has 0 heterocycles. The standard InChI is InChI=1S/C8H18N2O3/c1-4-10(5-7(9)11)6-8(12-2)13-3/h8H,4-6H2,1-3H3,(H2,9,11). The molecule has 0 bridgehead atoms. The number of methoxy groups -OCH3 is 2. The van der Waals surface area contributed by atoms with Crippen LogP contribution in [0.4, 0.5) is 0 Å². The summed E-state index contributed by atoms with van der Waals surface area (Å²) in [5.41, 5.74) is 5.07. The van der Waals surface area contributed by atoms with E-state index < -0.39 is 0 Å². The van der Waals surface area contributed by atoms with Gasteiger partial charge in [0.25, 0.3) is 0 Å². The van der Waals surface area contributed by atoms with Gasteiger partial charge in [0.05, 0.1) is 6.54 Å². The van der Waals surface area contributed by atoms with E-state index in [9.17, 15) is 4.79 Å². The molecule has 0 atom stereocenters. The topological polar surface area (TPSA) is 64.8 Å². The molecular formula is C8H18N2O3. The van der Waals surface area contributed by atoms with Crippen molar-refractivity contribution in [1.82, 2.24) is 4.90 Å². The molecule has 0 aliphatic carbocycles. The molecule has 0 aliphatic rings. The lowest BCUT2D eigenvalue weighted by Crippen LogP contribution is -2.39. The van der Waals surface area contributed by atoms with Gasteiger partial charge in [-0.2, -0.15) is 0 Å². The Balaban J connectivity index is 3.87. The van der Waals surface area contributed by atoms with Gasteiger partial charge < -0.3 is 15.2 Å². The van der Waals surface area contributed by atoms with E-state index in [0.717, 1.165) is 6.54 Å². The molecule has 2 N–H and O–H groups in total. The molecule has 13 heavy (non-hydrogen) atoms. The fourth-order valence-electron chi connectivity index (χ4n) is 0.982. The highest BCUT2D eigenvalue weighted by atomic mass is 16.7. The molecule has 0 saturated carbocycles. The summed E-state index contributed by atoms with van der Waals surface area (Å²) in [6, 6.07) is 0. The second-order valence-corrected chi connectivity index (χ2v) is 2.70. The van der Waals surface area contributed by atoms with Crippen molar-refractivity contribution >= 4 is 5.91 Å². The van der Waals surface area contributed by atoms with Gasteiger partial charge >= 0.3 is 0 Å². The van der Waals surface area contributed by atoms with Gasteiger partial charge in [0.2, 0.25) is 5.91 Å². The van der Waals surface area contributed by atoms with Gasteiger partial charge in [0.1, 0.15) is 0 Å². The molecule has 0 saturated heterocycles. The molecular weight excluding hydrogens is 172 g/mol. The number of hydrogen-bond acceptors (Lipinski definition) is 4. The average molecular weight is 190 g/mol. The summed E-state index contributed by atoms with van der Waals surface area (Å²) < 4.78 is 9.99. The van der Waals surface area contributed by atoms with Crippen LogP contribution in [0.5, 0.6) is 0 Å². The Bertz CT molecular complexity index is 148. The SMILES string of the molecule is CCN(CC(N)=O)CC(OC)OC. The Hall–Kier alpha value is -0.650. The summed E-state index contributed by atoms with van der Waals surface area (Å²) >= 11 is 0. The number of rotatable bonds is 7. The fourth-order valence-corrected chi connectivity index (χ4v) is 0.982. The third-order valence-electron chi connectivity index (χ3n) is 1.76. The van der Waals surface area contributed by atoms with Gasteiger partial charge in [-0.15, -0.1) is 0 Å². The highest BCUT2D eigenvalue weighted by Crippen LogP contribution is 1.96. The molecule has 78 valence electrons. The minimum atomic E-state index is -0.340. The number of nitrogens with zero attached hydrogens (tertiary/aromatic N) is 1. The summed E-state index contributed by atoms with van der Waals surface area (Å²) in [5, 5.41) is 0. The lowest BCUT2D eigenvalue weighted by Gasteiger charge is -2.23. The molecule has 0 fully saturated rings. The molecule has 1 amide bonds. The smallest absolute Gasteiger partial charge is 0.231 e. The lowest BCUT2D eigenvalue weighted by molar-refractivity contribution is -0.127. The molecule has 0 aliphatic heterocycles. The van der Waals surface area contributed by atoms with Crippen LogP contribution < -0.4 is 5.73 Å². The van der Waals surface area contributed by atoms with Crippen LogP contribution in [-0.2, 0) is 14.3 Å². The number of amides is 1. The zero-order chi connectivity index (χ0) is 10.3. The normalized spacial score (nSPS) is 11.2. The Morgan fingerprint density at radius 2 is 2.00 bits per heavy atom. The Labute approximate surface area is 78.8 Å². The van der Waals surface area contributed by atoms with E-state index in [2.05, 4.69) is 0 Å².